The summed E-state index contributed by atoms with van der Waals surface area (Å²) >= 11 is 5.59. The molecule has 0 aliphatic heterocycles. The highest BCUT2D eigenvalue weighted by molar-refractivity contribution is 6.29. The van der Waals surface area contributed by atoms with Crippen molar-refractivity contribution in [2.45, 2.75) is 6.54 Å². The van der Waals surface area contributed by atoms with Crippen molar-refractivity contribution in [2.75, 3.05) is 7.11 Å². The normalized spacial score (nSPS) is 10.1. The fourth-order valence-electron chi connectivity index (χ4n) is 1.45. The van der Waals surface area contributed by atoms with Gasteiger partial charge in [-0.05, 0) is 41.4 Å². The fraction of sp³-hybridized carbons (Fsp3) is 0.154. The molecule has 2 rings (SSSR count). The van der Waals surface area contributed by atoms with Crippen molar-refractivity contribution in [3.05, 3.63) is 52.9 Å². The van der Waals surface area contributed by atoms with Crippen LogP contribution in [0.25, 0.3) is 0 Å². The summed E-state index contributed by atoms with van der Waals surface area (Å²) in [5, 5.41) is 2.93. The van der Waals surface area contributed by atoms with Gasteiger partial charge in [0, 0.05) is 6.54 Å². The predicted octanol–water partition coefficient (Wildman–Crippen LogP) is 2.87. The molecule has 4 nitrogen and oxygen atoms in total. The molecule has 18 heavy (non-hydrogen) atoms. The standard InChI is InChI=1S/C13H12ClNO3/c1-17-10-4-2-9(3-5-10)8-15-13(16)11-6-7-12(14)18-11/h2-7H,8H2,1H3,(H,15,16). The first kappa shape index (κ1) is 12.5. The van der Waals surface area contributed by atoms with Gasteiger partial charge >= 0.3 is 0 Å². The van der Waals surface area contributed by atoms with Crippen LogP contribution in [0.3, 0.4) is 0 Å². The van der Waals surface area contributed by atoms with E-state index in [1.54, 1.807) is 7.11 Å². The topological polar surface area (TPSA) is 51.5 Å². The number of carbonyl (C=O) groups excluding carboxylic acids is 1. The van der Waals surface area contributed by atoms with Gasteiger partial charge in [-0.1, -0.05) is 12.1 Å². The highest BCUT2D eigenvalue weighted by Gasteiger charge is 2.09. The van der Waals surface area contributed by atoms with Crippen molar-refractivity contribution in [3.8, 4) is 5.75 Å². The van der Waals surface area contributed by atoms with Gasteiger partial charge in [0.05, 0.1) is 7.11 Å². The number of hydrogen-bond acceptors (Lipinski definition) is 3. The third-order valence-electron chi connectivity index (χ3n) is 2.41. The van der Waals surface area contributed by atoms with E-state index >= 15 is 0 Å². The van der Waals surface area contributed by atoms with Gasteiger partial charge in [0.1, 0.15) is 5.75 Å². The number of nitrogens with one attached hydrogen (secondary N) is 1. The quantitative estimate of drug-likeness (QED) is 0.925. The first-order valence-corrected chi connectivity index (χ1v) is 5.73. The molecule has 1 N–H and O–H groups in total. The van der Waals surface area contributed by atoms with E-state index in [2.05, 4.69) is 5.32 Å². The molecule has 0 atom stereocenters. The zero-order valence-corrected chi connectivity index (χ0v) is 10.5. The minimum atomic E-state index is -0.294. The Bertz CT molecular complexity index is 533. The SMILES string of the molecule is COc1ccc(CNC(=O)c2ccc(Cl)o2)cc1. The monoisotopic (exact) mass is 265 g/mol. The van der Waals surface area contributed by atoms with Gasteiger partial charge in [0.2, 0.25) is 0 Å². The van der Waals surface area contributed by atoms with E-state index in [1.807, 2.05) is 24.3 Å². The molecule has 1 aromatic heterocycles. The Morgan fingerprint density at radius 1 is 1.28 bits per heavy atom. The number of hydrogen-bond donors (Lipinski definition) is 1. The molecule has 0 aliphatic rings. The number of furan rings is 1. The zero-order valence-electron chi connectivity index (χ0n) is 9.77. The minimum Gasteiger partial charge on any atom is -0.497 e. The third kappa shape index (κ3) is 3.05. The van der Waals surface area contributed by atoms with Crippen molar-refractivity contribution < 1.29 is 13.9 Å². The molecule has 0 saturated heterocycles. The Morgan fingerprint density at radius 2 is 2.00 bits per heavy atom. The van der Waals surface area contributed by atoms with Gasteiger partial charge < -0.3 is 14.5 Å². The number of halogens is 1. The van der Waals surface area contributed by atoms with Crippen molar-refractivity contribution in [2.24, 2.45) is 0 Å². The number of ether oxygens (including phenoxy) is 1. The molecule has 1 heterocycles. The first-order chi connectivity index (χ1) is 8.69. The fourth-order valence-corrected chi connectivity index (χ4v) is 1.60. The molecule has 2 aromatic rings. The minimum absolute atomic E-state index is 0.199. The Labute approximate surface area is 110 Å². The van der Waals surface area contributed by atoms with Gasteiger partial charge in [-0.2, -0.15) is 0 Å². The lowest BCUT2D eigenvalue weighted by atomic mass is 10.2. The number of rotatable bonds is 4. The summed E-state index contributed by atoms with van der Waals surface area (Å²) in [6, 6.07) is 10.5. The van der Waals surface area contributed by atoms with Crippen LogP contribution in [0, 0.1) is 0 Å². The van der Waals surface area contributed by atoms with Crippen LogP contribution in [0.1, 0.15) is 16.1 Å². The van der Waals surface area contributed by atoms with Crippen molar-refractivity contribution in [1.82, 2.24) is 5.32 Å². The maximum Gasteiger partial charge on any atom is 0.287 e. The summed E-state index contributed by atoms with van der Waals surface area (Å²) < 4.78 is 10.1. The lowest BCUT2D eigenvalue weighted by Crippen LogP contribution is -2.22. The van der Waals surface area contributed by atoms with Gasteiger partial charge in [0.25, 0.3) is 5.91 Å². The largest absolute Gasteiger partial charge is 0.497 e. The molecule has 0 aliphatic carbocycles. The Balaban J connectivity index is 1.92. The molecule has 1 amide bonds. The van der Waals surface area contributed by atoms with E-state index in [0.717, 1.165) is 11.3 Å². The average molecular weight is 266 g/mol. The summed E-state index contributed by atoms with van der Waals surface area (Å²) in [4.78, 5) is 11.7. The number of amides is 1. The summed E-state index contributed by atoms with van der Waals surface area (Å²) in [7, 11) is 1.61. The molecule has 0 unspecified atom stereocenters. The smallest absolute Gasteiger partial charge is 0.287 e. The van der Waals surface area contributed by atoms with Crippen LogP contribution in [0.2, 0.25) is 5.22 Å². The predicted molar refractivity (Wildman–Crippen MR) is 67.9 cm³/mol. The second-order valence-corrected chi connectivity index (χ2v) is 4.01. The summed E-state index contributed by atoms with van der Waals surface area (Å²) in [6.45, 7) is 0.418. The van der Waals surface area contributed by atoms with Crippen LogP contribution >= 0.6 is 11.6 Å². The number of carbonyl (C=O) groups is 1. The molecule has 5 heteroatoms. The summed E-state index contributed by atoms with van der Waals surface area (Å²) in [5.74, 6) is 0.689. The van der Waals surface area contributed by atoms with Crippen LogP contribution in [0.4, 0.5) is 0 Å². The first-order valence-electron chi connectivity index (χ1n) is 5.35. The van der Waals surface area contributed by atoms with Crippen LogP contribution in [0.5, 0.6) is 5.75 Å². The molecular formula is C13H12ClNO3. The Morgan fingerprint density at radius 3 is 2.56 bits per heavy atom. The van der Waals surface area contributed by atoms with Gasteiger partial charge in [-0.3, -0.25) is 4.79 Å². The summed E-state index contributed by atoms with van der Waals surface area (Å²) in [6.07, 6.45) is 0. The molecular weight excluding hydrogens is 254 g/mol. The molecule has 94 valence electrons. The number of benzene rings is 1. The average Bonchev–Trinajstić information content (AvgIpc) is 2.83. The lowest BCUT2D eigenvalue weighted by Gasteiger charge is -2.04. The molecule has 0 saturated carbocycles. The van der Waals surface area contributed by atoms with Gasteiger partial charge in [-0.25, -0.2) is 0 Å². The van der Waals surface area contributed by atoms with Crippen LogP contribution in [-0.2, 0) is 6.54 Å². The maximum atomic E-state index is 11.7. The lowest BCUT2D eigenvalue weighted by molar-refractivity contribution is 0.0923. The molecule has 0 radical (unpaired) electrons. The Kier molecular flexibility index (Phi) is 3.89. The zero-order chi connectivity index (χ0) is 13.0. The van der Waals surface area contributed by atoms with Crippen molar-refractivity contribution in [1.29, 1.82) is 0 Å². The molecule has 0 bridgehead atoms. The van der Waals surface area contributed by atoms with E-state index < -0.39 is 0 Å². The van der Waals surface area contributed by atoms with Crippen molar-refractivity contribution in [3.63, 3.8) is 0 Å². The second-order valence-electron chi connectivity index (χ2n) is 3.63. The van der Waals surface area contributed by atoms with E-state index in [0.29, 0.717) is 6.54 Å². The van der Waals surface area contributed by atoms with Crippen LogP contribution in [0.15, 0.2) is 40.8 Å². The van der Waals surface area contributed by atoms with Crippen molar-refractivity contribution >= 4 is 17.5 Å². The molecule has 1 aromatic carbocycles. The number of methoxy groups -OCH3 is 1. The maximum absolute atomic E-state index is 11.7. The van der Waals surface area contributed by atoms with E-state index in [9.17, 15) is 4.79 Å². The summed E-state index contributed by atoms with van der Waals surface area (Å²) in [5.41, 5.74) is 0.974. The Hall–Kier alpha value is -1.94. The van der Waals surface area contributed by atoms with Crippen LogP contribution in [-0.4, -0.2) is 13.0 Å². The van der Waals surface area contributed by atoms with Crippen LogP contribution < -0.4 is 10.1 Å². The van der Waals surface area contributed by atoms with Gasteiger partial charge in [0.15, 0.2) is 11.0 Å². The third-order valence-corrected chi connectivity index (χ3v) is 2.61. The van der Waals surface area contributed by atoms with Gasteiger partial charge in [-0.15, -0.1) is 0 Å². The second kappa shape index (κ2) is 5.60. The molecule has 0 fully saturated rings. The van der Waals surface area contributed by atoms with E-state index in [4.69, 9.17) is 20.8 Å². The highest BCUT2D eigenvalue weighted by Crippen LogP contribution is 2.14. The highest BCUT2D eigenvalue weighted by atomic mass is 35.5. The van der Waals surface area contributed by atoms with E-state index in [1.165, 1.54) is 12.1 Å². The van der Waals surface area contributed by atoms with E-state index in [-0.39, 0.29) is 16.9 Å². The molecule has 0 spiro atoms.